The summed E-state index contributed by atoms with van der Waals surface area (Å²) in [5.74, 6) is 0.814. The maximum atomic E-state index is 5.84. The van der Waals surface area contributed by atoms with Crippen LogP contribution in [0.5, 0.6) is 0 Å². The van der Waals surface area contributed by atoms with Crippen LogP contribution in [0, 0.1) is 5.92 Å². The summed E-state index contributed by atoms with van der Waals surface area (Å²) in [6.07, 6.45) is 5.15. The summed E-state index contributed by atoms with van der Waals surface area (Å²) in [5, 5.41) is 0. The van der Waals surface area contributed by atoms with Crippen LogP contribution in [0.15, 0.2) is 30.3 Å². The van der Waals surface area contributed by atoms with Crippen LogP contribution in [0.4, 0.5) is 0 Å². The quantitative estimate of drug-likeness (QED) is 0.645. The Balaban J connectivity index is 2.43. The zero-order valence-electron chi connectivity index (χ0n) is 11.5. The first kappa shape index (κ1) is 14.2. The lowest BCUT2D eigenvalue weighted by molar-refractivity contribution is 0.0527. The third kappa shape index (κ3) is 5.88. The number of hydrogen-bond donors (Lipinski definition) is 0. The molecule has 1 heteroatoms. The maximum Gasteiger partial charge on any atom is 0.0615 e. The molecule has 0 fully saturated rings. The molecule has 17 heavy (non-hydrogen) atoms. The van der Waals surface area contributed by atoms with Gasteiger partial charge in [-0.1, -0.05) is 50.6 Å². The second kappa shape index (κ2) is 8.30. The van der Waals surface area contributed by atoms with Gasteiger partial charge in [0.05, 0.1) is 6.10 Å². The molecule has 1 aromatic rings. The van der Waals surface area contributed by atoms with Gasteiger partial charge in [-0.2, -0.15) is 0 Å². The summed E-state index contributed by atoms with van der Waals surface area (Å²) in [5.41, 5.74) is 1.38. The molecule has 0 amide bonds. The van der Waals surface area contributed by atoms with Crippen molar-refractivity contribution < 1.29 is 4.74 Å². The Morgan fingerprint density at radius 3 is 2.35 bits per heavy atom. The van der Waals surface area contributed by atoms with E-state index in [0.29, 0.717) is 6.10 Å². The van der Waals surface area contributed by atoms with Gasteiger partial charge < -0.3 is 4.74 Å². The number of ether oxygens (including phenoxy) is 1. The zero-order valence-corrected chi connectivity index (χ0v) is 11.5. The first-order valence-electron chi connectivity index (χ1n) is 6.91. The Morgan fingerprint density at radius 2 is 1.76 bits per heavy atom. The summed E-state index contributed by atoms with van der Waals surface area (Å²) in [6.45, 7) is 7.49. The molecular formula is C16H26O. The Kier molecular flexibility index (Phi) is 6.95. The largest absolute Gasteiger partial charge is 0.378 e. The molecule has 2 atom stereocenters. The first-order chi connectivity index (χ1) is 8.26. The third-order valence-electron chi connectivity index (χ3n) is 3.39. The molecule has 0 aliphatic heterocycles. The molecule has 1 aromatic carbocycles. The molecule has 0 saturated heterocycles. The van der Waals surface area contributed by atoms with Crippen molar-refractivity contribution in [3.8, 4) is 0 Å². The minimum atomic E-state index is 0.386. The van der Waals surface area contributed by atoms with E-state index in [1.807, 2.05) is 0 Å². The van der Waals surface area contributed by atoms with Crippen molar-refractivity contribution in [1.29, 1.82) is 0 Å². The fourth-order valence-electron chi connectivity index (χ4n) is 2.03. The Hall–Kier alpha value is -0.820. The maximum absolute atomic E-state index is 5.84. The van der Waals surface area contributed by atoms with Gasteiger partial charge in [-0.05, 0) is 37.7 Å². The SMILES string of the molecule is CCO[C@H](CCC(C)CC)Cc1ccccc1. The van der Waals surface area contributed by atoms with Gasteiger partial charge in [0.2, 0.25) is 0 Å². The van der Waals surface area contributed by atoms with Crippen molar-refractivity contribution in [2.24, 2.45) is 5.92 Å². The average Bonchev–Trinajstić information content (AvgIpc) is 2.37. The van der Waals surface area contributed by atoms with Crippen molar-refractivity contribution in [3.63, 3.8) is 0 Å². The highest BCUT2D eigenvalue weighted by atomic mass is 16.5. The van der Waals surface area contributed by atoms with Gasteiger partial charge >= 0.3 is 0 Å². The van der Waals surface area contributed by atoms with E-state index in [1.54, 1.807) is 0 Å². The molecule has 0 aliphatic carbocycles. The van der Waals surface area contributed by atoms with E-state index in [-0.39, 0.29) is 0 Å². The standard InChI is InChI=1S/C16H26O/c1-4-14(3)11-12-16(17-5-2)13-15-9-7-6-8-10-15/h6-10,14,16H,4-5,11-13H2,1-3H3/t14?,16-/m1/s1. The van der Waals surface area contributed by atoms with Crippen LogP contribution in [0.2, 0.25) is 0 Å². The fraction of sp³-hybridized carbons (Fsp3) is 0.625. The van der Waals surface area contributed by atoms with Crippen molar-refractivity contribution in [3.05, 3.63) is 35.9 Å². The van der Waals surface area contributed by atoms with Gasteiger partial charge in [0.1, 0.15) is 0 Å². The Morgan fingerprint density at radius 1 is 1.06 bits per heavy atom. The molecule has 1 unspecified atom stereocenters. The summed E-state index contributed by atoms with van der Waals surface area (Å²) in [4.78, 5) is 0. The molecule has 0 aliphatic rings. The minimum Gasteiger partial charge on any atom is -0.378 e. The number of benzene rings is 1. The Labute approximate surface area is 106 Å². The second-order valence-electron chi connectivity index (χ2n) is 4.86. The van der Waals surface area contributed by atoms with Crippen molar-refractivity contribution in [2.45, 2.75) is 52.6 Å². The molecule has 0 bridgehead atoms. The van der Waals surface area contributed by atoms with E-state index in [2.05, 4.69) is 51.1 Å². The van der Waals surface area contributed by atoms with Crippen LogP contribution in [-0.4, -0.2) is 12.7 Å². The molecule has 0 aromatic heterocycles. The van der Waals surface area contributed by atoms with Gasteiger partial charge in [-0.25, -0.2) is 0 Å². The molecule has 0 N–H and O–H groups in total. The van der Waals surface area contributed by atoms with E-state index in [9.17, 15) is 0 Å². The van der Waals surface area contributed by atoms with Crippen LogP contribution < -0.4 is 0 Å². The zero-order chi connectivity index (χ0) is 12.5. The average molecular weight is 234 g/mol. The second-order valence-corrected chi connectivity index (χ2v) is 4.86. The van der Waals surface area contributed by atoms with Crippen molar-refractivity contribution in [2.75, 3.05) is 6.61 Å². The lowest BCUT2D eigenvalue weighted by Gasteiger charge is -2.19. The first-order valence-corrected chi connectivity index (χ1v) is 6.91. The van der Waals surface area contributed by atoms with E-state index < -0.39 is 0 Å². The predicted molar refractivity (Wildman–Crippen MR) is 74.2 cm³/mol. The monoisotopic (exact) mass is 234 g/mol. The van der Waals surface area contributed by atoms with Gasteiger partial charge in [0.15, 0.2) is 0 Å². The predicted octanol–water partition coefficient (Wildman–Crippen LogP) is 4.46. The molecule has 0 saturated carbocycles. The van der Waals surface area contributed by atoms with Crippen LogP contribution in [0.1, 0.15) is 45.6 Å². The lowest BCUT2D eigenvalue weighted by Crippen LogP contribution is -2.17. The highest BCUT2D eigenvalue weighted by Crippen LogP contribution is 2.16. The van der Waals surface area contributed by atoms with E-state index in [0.717, 1.165) is 18.9 Å². The smallest absolute Gasteiger partial charge is 0.0615 e. The van der Waals surface area contributed by atoms with Crippen LogP contribution >= 0.6 is 0 Å². The van der Waals surface area contributed by atoms with Crippen molar-refractivity contribution >= 4 is 0 Å². The molecule has 1 nitrogen and oxygen atoms in total. The van der Waals surface area contributed by atoms with Crippen LogP contribution in [0.3, 0.4) is 0 Å². The van der Waals surface area contributed by atoms with Gasteiger partial charge in [-0.15, -0.1) is 0 Å². The highest BCUT2D eigenvalue weighted by Gasteiger charge is 2.11. The van der Waals surface area contributed by atoms with E-state index in [1.165, 1.54) is 24.8 Å². The normalized spacial score (nSPS) is 14.5. The van der Waals surface area contributed by atoms with Gasteiger partial charge in [-0.3, -0.25) is 0 Å². The molecule has 1 rings (SSSR count). The summed E-state index contributed by atoms with van der Waals surface area (Å²) in [6, 6.07) is 10.7. The molecule has 96 valence electrons. The number of hydrogen-bond acceptors (Lipinski definition) is 1. The van der Waals surface area contributed by atoms with Gasteiger partial charge in [0, 0.05) is 6.61 Å². The third-order valence-corrected chi connectivity index (χ3v) is 3.39. The molecule has 0 spiro atoms. The summed E-state index contributed by atoms with van der Waals surface area (Å²) < 4.78 is 5.84. The van der Waals surface area contributed by atoms with E-state index >= 15 is 0 Å². The summed E-state index contributed by atoms with van der Waals surface area (Å²) in [7, 11) is 0. The van der Waals surface area contributed by atoms with E-state index in [4.69, 9.17) is 4.74 Å². The topological polar surface area (TPSA) is 9.23 Å². The fourth-order valence-corrected chi connectivity index (χ4v) is 2.03. The minimum absolute atomic E-state index is 0.386. The highest BCUT2D eigenvalue weighted by molar-refractivity contribution is 5.15. The van der Waals surface area contributed by atoms with Crippen molar-refractivity contribution in [1.82, 2.24) is 0 Å². The van der Waals surface area contributed by atoms with Gasteiger partial charge in [0.25, 0.3) is 0 Å². The van der Waals surface area contributed by atoms with Crippen LogP contribution in [0.25, 0.3) is 0 Å². The van der Waals surface area contributed by atoms with Crippen LogP contribution in [-0.2, 0) is 11.2 Å². The molecular weight excluding hydrogens is 208 g/mol. The number of rotatable bonds is 8. The summed E-state index contributed by atoms with van der Waals surface area (Å²) >= 11 is 0. The Bertz CT molecular complexity index is 281. The molecule has 0 radical (unpaired) electrons. The lowest BCUT2D eigenvalue weighted by atomic mass is 9.97. The molecule has 0 heterocycles.